The topological polar surface area (TPSA) is 60.9 Å². The van der Waals surface area contributed by atoms with Crippen molar-refractivity contribution in [2.24, 2.45) is 0 Å². The number of halogens is 3. The summed E-state index contributed by atoms with van der Waals surface area (Å²) in [6, 6.07) is 5.55. The van der Waals surface area contributed by atoms with Crippen molar-refractivity contribution in [2.45, 2.75) is 51.5 Å². The van der Waals surface area contributed by atoms with Gasteiger partial charge in [-0.05, 0) is 39.0 Å². The van der Waals surface area contributed by atoms with Crippen molar-refractivity contribution in [3.8, 4) is 11.5 Å². The molecule has 0 unspecified atom stereocenters. The maximum absolute atomic E-state index is 13.3. The Morgan fingerprint density at radius 3 is 2.37 bits per heavy atom. The zero-order valence-corrected chi connectivity index (χ0v) is 17.4. The summed E-state index contributed by atoms with van der Waals surface area (Å²) in [4.78, 5) is 17.5. The van der Waals surface area contributed by atoms with Crippen molar-refractivity contribution < 1.29 is 32.2 Å². The van der Waals surface area contributed by atoms with E-state index in [-0.39, 0.29) is 17.4 Å². The van der Waals surface area contributed by atoms with Crippen LogP contribution in [0.25, 0.3) is 10.9 Å². The molecule has 1 fully saturated rings. The molecule has 0 aliphatic carbocycles. The van der Waals surface area contributed by atoms with Crippen molar-refractivity contribution in [2.75, 3.05) is 20.2 Å². The predicted molar refractivity (Wildman–Crippen MR) is 105 cm³/mol. The summed E-state index contributed by atoms with van der Waals surface area (Å²) in [5.74, 6) is 0.593. The van der Waals surface area contributed by atoms with E-state index in [2.05, 4.69) is 4.98 Å². The number of amides is 1. The maximum Gasteiger partial charge on any atom is 0.433 e. The van der Waals surface area contributed by atoms with E-state index in [0.29, 0.717) is 37.1 Å². The van der Waals surface area contributed by atoms with Crippen molar-refractivity contribution in [1.29, 1.82) is 0 Å². The molecule has 6 nitrogen and oxygen atoms in total. The molecule has 3 rings (SSSR count). The highest BCUT2D eigenvalue weighted by Crippen LogP contribution is 2.36. The van der Waals surface area contributed by atoms with E-state index in [1.54, 1.807) is 37.8 Å². The number of benzene rings is 1. The molecule has 2 heterocycles. The van der Waals surface area contributed by atoms with E-state index in [0.717, 1.165) is 6.07 Å². The van der Waals surface area contributed by atoms with Gasteiger partial charge in [0.1, 0.15) is 28.9 Å². The highest BCUT2D eigenvalue weighted by atomic mass is 19.4. The lowest BCUT2D eigenvalue weighted by atomic mass is 10.1. The number of rotatable bonds is 3. The molecule has 1 saturated heterocycles. The largest absolute Gasteiger partial charge is 0.497 e. The minimum atomic E-state index is -4.59. The minimum Gasteiger partial charge on any atom is -0.497 e. The van der Waals surface area contributed by atoms with Crippen LogP contribution in [0.4, 0.5) is 18.0 Å². The summed E-state index contributed by atoms with van der Waals surface area (Å²) in [6.07, 6.45) is -4.37. The number of alkyl halides is 3. The first-order valence-electron chi connectivity index (χ1n) is 9.67. The second-order valence-corrected chi connectivity index (χ2v) is 8.17. The summed E-state index contributed by atoms with van der Waals surface area (Å²) in [5, 5.41) is 0.442. The number of aromatic nitrogens is 1. The van der Waals surface area contributed by atoms with Gasteiger partial charge in [0.2, 0.25) is 0 Å². The fraction of sp³-hybridized carbons (Fsp3) is 0.524. The molecule has 30 heavy (non-hydrogen) atoms. The number of fused-ring (bicyclic) bond motifs is 1. The average molecular weight is 426 g/mol. The SMILES string of the molecule is COc1ccc2nc(C(F)(F)F)cc(OC3CCN(C(=O)OC(C)(C)C)CC3)c2c1. The number of ether oxygens (including phenoxy) is 3. The summed E-state index contributed by atoms with van der Waals surface area (Å²) in [7, 11) is 1.48. The highest BCUT2D eigenvalue weighted by Gasteiger charge is 2.34. The lowest BCUT2D eigenvalue weighted by Crippen LogP contribution is -2.44. The van der Waals surface area contributed by atoms with E-state index < -0.39 is 23.6 Å². The minimum absolute atomic E-state index is 0.0990. The first-order chi connectivity index (χ1) is 14.0. The Hall–Kier alpha value is -2.71. The third-order valence-corrected chi connectivity index (χ3v) is 4.66. The Balaban J connectivity index is 1.79. The fourth-order valence-electron chi connectivity index (χ4n) is 3.21. The van der Waals surface area contributed by atoms with Gasteiger partial charge in [-0.15, -0.1) is 0 Å². The molecule has 0 atom stereocenters. The first kappa shape index (κ1) is 22.0. The molecule has 0 saturated carbocycles. The standard InChI is InChI=1S/C21H25F3N2O4/c1-20(2,3)30-19(27)26-9-7-13(8-10-26)29-17-12-18(21(22,23)24)25-16-6-5-14(28-4)11-15(16)17/h5-6,11-13H,7-10H2,1-4H3. The predicted octanol–water partition coefficient (Wildman–Crippen LogP) is 5.04. The van der Waals surface area contributed by atoms with Crippen molar-refractivity contribution in [3.05, 3.63) is 30.0 Å². The van der Waals surface area contributed by atoms with Crippen LogP contribution in [0.15, 0.2) is 24.3 Å². The van der Waals surface area contributed by atoms with Gasteiger partial charge < -0.3 is 19.1 Å². The Morgan fingerprint density at radius 2 is 1.80 bits per heavy atom. The molecule has 2 aromatic rings. The number of pyridine rings is 1. The molecular formula is C21H25F3N2O4. The number of methoxy groups -OCH3 is 1. The van der Waals surface area contributed by atoms with Gasteiger partial charge in [0, 0.05) is 37.4 Å². The van der Waals surface area contributed by atoms with E-state index in [1.807, 2.05) is 0 Å². The van der Waals surface area contributed by atoms with Crippen molar-refractivity contribution in [3.63, 3.8) is 0 Å². The van der Waals surface area contributed by atoms with Gasteiger partial charge in [0.05, 0.1) is 12.6 Å². The quantitative estimate of drug-likeness (QED) is 0.688. The van der Waals surface area contributed by atoms with Crippen LogP contribution in [-0.2, 0) is 10.9 Å². The maximum atomic E-state index is 13.3. The van der Waals surface area contributed by atoms with Gasteiger partial charge in [-0.25, -0.2) is 9.78 Å². The second-order valence-electron chi connectivity index (χ2n) is 8.17. The monoisotopic (exact) mass is 426 g/mol. The Bertz CT molecular complexity index is 917. The summed E-state index contributed by atoms with van der Waals surface area (Å²) < 4.78 is 56.4. The molecule has 164 valence electrons. The fourth-order valence-corrected chi connectivity index (χ4v) is 3.21. The molecule has 0 N–H and O–H groups in total. The van der Waals surface area contributed by atoms with Crippen LogP contribution in [0, 0.1) is 0 Å². The van der Waals surface area contributed by atoms with Crippen LogP contribution in [0.5, 0.6) is 11.5 Å². The molecule has 1 aromatic heterocycles. The van der Waals surface area contributed by atoms with Crippen molar-refractivity contribution >= 4 is 17.0 Å². The number of carbonyl (C=O) groups excluding carboxylic acids is 1. The van der Waals surface area contributed by atoms with Crippen molar-refractivity contribution in [1.82, 2.24) is 9.88 Å². The zero-order chi connectivity index (χ0) is 22.1. The van der Waals surface area contributed by atoms with Gasteiger partial charge in [0.25, 0.3) is 0 Å². The third-order valence-electron chi connectivity index (χ3n) is 4.66. The number of piperidine rings is 1. The first-order valence-corrected chi connectivity index (χ1v) is 9.67. The molecule has 0 radical (unpaired) electrons. The number of likely N-dealkylation sites (tertiary alicyclic amines) is 1. The van der Waals surface area contributed by atoms with Crippen LogP contribution >= 0.6 is 0 Å². The molecule has 0 bridgehead atoms. The second kappa shape index (κ2) is 8.20. The Labute approximate surface area is 172 Å². The van der Waals surface area contributed by atoms with E-state index >= 15 is 0 Å². The van der Waals surface area contributed by atoms with Crippen LogP contribution in [-0.4, -0.2) is 47.9 Å². The van der Waals surface area contributed by atoms with Crippen LogP contribution < -0.4 is 9.47 Å². The molecule has 9 heteroatoms. The Kier molecular flexibility index (Phi) is 6.01. The van der Waals surface area contributed by atoms with Gasteiger partial charge in [-0.1, -0.05) is 0 Å². The van der Waals surface area contributed by atoms with Gasteiger partial charge in [0.15, 0.2) is 0 Å². The number of hydrogen-bond acceptors (Lipinski definition) is 5. The normalized spacial score (nSPS) is 15.9. The number of hydrogen-bond donors (Lipinski definition) is 0. The average Bonchev–Trinajstić information content (AvgIpc) is 2.66. The van der Waals surface area contributed by atoms with E-state index in [1.165, 1.54) is 13.2 Å². The number of nitrogens with zero attached hydrogens (tertiary/aromatic N) is 2. The highest BCUT2D eigenvalue weighted by molar-refractivity contribution is 5.86. The lowest BCUT2D eigenvalue weighted by Gasteiger charge is -2.33. The van der Waals surface area contributed by atoms with Crippen LogP contribution in [0.1, 0.15) is 39.3 Å². The summed E-state index contributed by atoms with van der Waals surface area (Å²) >= 11 is 0. The molecular weight excluding hydrogens is 401 g/mol. The third kappa shape index (κ3) is 5.25. The molecule has 1 aromatic carbocycles. The van der Waals surface area contributed by atoms with Gasteiger partial charge in [-0.3, -0.25) is 0 Å². The smallest absolute Gasteiger partial charge is 0.433 e. The molecule has 0 spiro atoms. The van der Waals surface area contributed by atoms with Crippen LogP contribution in [0.2, 0.25) is 0 Å². The van der Waals surface area contributed by atoms with E-state index in [4.69, 9.17) is 14.2 Å². The molecule has 1 aliphatic heterocycles. The van der Waals surface area contributed by atoms with Gasteiger partial charge >= 0.3 is 12.3 Å². The molecule has 1 amide bonds. The summed E-state index contributed by atoms with van der Waals surface area (Å²) in [6.45, 7) is 6.18. The van der Waals surface area contributed by atoms with E-state index in [9.17, 15) is 18.0 Å². The number of carbonyl (C=O) groups is 1. The van der Waals surface area contributed by atoms with Gasteiger partial charge in [-0.2, -0.15) is 13.2 Å². The molecule has 1 aliphatic rings. The lowest BCUT2D eigenvalue weighted by molar-refractivity contribution is -0.141. The Morgan fingerprint density at radius 1 is 1.13 bits per heavy atom. The summed E-state index contributed by atoms with van der Waals surface area (Å²) in [5.41, 5.74) is -1.43. The zero-order valence-electron chi connectivity index (χ0n) is 17.4. The van der Waals surface area contributed by atoms with Crippen LogP contribution in [0.3, 0.4) is 0 Å².